The molecule has 1 aromatic heterocycles. The Balaban J connectivity index is 2.34. The van der Waals surface area contributed by atoms with E-state index in [1.165, 1.54) is 18.3 Å². The Morgan fingerprint density at radius 3 is 2.94 bits per heavy atom. The molecular formula is C11H13N3O4. The Labute approximate surface area is 103 Å². The van der Waals surface area contributed by atoms with Gasteiger partial charge in [0.05, 0.1) is 10.8 Å². The van der Waals surface area contributed by atoms with Gasteiger partial charge in [-0.1, -0.05) is 0 Å². The van der Waals surface area contributed by atoms with Gasteiger partial charge in [-0.15, -0.1) is 0 Å². The van der Waals surface area contributed by atoms with Crippen molar-refractivity contribution >= 4 is 17.5 Å². The minimum absolute atomic E-state index is 0.0876. The number of pyridine rings is 1. The largest absolute Gasteiger partial charge is 0.481 e. The third kappa shape index (κ3) is 1.99. The summed E-state index contributed by atoms with van der Waals surface area (Å²) in [6, 6.07) is 2.58. The number of rotatable bonds is 3. The van der Waals surface area contributed by atoms with E-state index < -0.39 is 16.8 Å². The highest BCUT2D eigenvalue weighted by Crippen LogP contribution is 2.33. The summed E-state index contributed by atoms with van der Waals surface area (Å²) in [5, 5.41) is 20.0. The lowest BCUT2D eigenvalue weighted by Crippen LogP contribution is -2.33. The number of carboxylic acid groups (broad SMARTS) is 1. The van der Waals surface area contributed by atoms with E-state index >= 15 is 0 Å². The molecule has 2 atom stereocenters. The van der Waals surface area contributed by atoms with Crippen molar-refractivity contribution in [3.8, 4) is 0 Å². The van der Waals surface area contributed by atoms with Gasteiger partial charge in [0.1, 0.15) is 0 Å². The first kappa shape index (κ1) is 12.3. The molecule has 0 bridgehead atoms. The summed E-state index contributed by atoms with van der Waals surface area (Å²) in [6.45, 7) is 2.22. The van der Waals surface area contributed by atoms with E-state index in [4.69, 9.17) is 5.11 Å². The molecule has 0 saturated carbocycles. The molecule has 7 heteroatoms. The maximum atomic E-state index is 11.0. The fraction of sp³-hybridized carbons (Fsp3) is 0.455. The molecule has 96 valence electrons. The van der Waals surface area contributed by atoms with Gasteiger partial charge >= 0.3 is 11.7 Å². The Morgan fingerprint density at radius 1 is 1.67 bits per heavy atom. The second-order valence-corrected chi connectivity index (χ2v) is 4.27. The maximum Gasteiger partial charge on any atom is 0.311 e. The van der Waals surface area contributed by atoms with Crippen molar-refractivity contribution in [2.45, 2.75) is 19.4 Å². The second kappa shape index (κ2) is 4.59. The zero-order valence-electron chi connectivity index (χ0n) is 9.81. The van der Waals surface area contributed by atoms with Crippen LogP contribution in [0.4, 0.5) is 11.5 Å². The van der Waals surface area contributed by atoms with Crippen molar-refractivity contribution in [1.29, 1.82) is 0 Å². The predicted molar refractivity (Wildman–Crippen MR) is 63.4 cm³/mol. The van der Waals surface area contributed by atoms with E-state index in [1.54, 1.807) is 11.8 Å². The molecule has 2 rings (SSSR count). The number of anilines is 1. The molecule has 1 aromatic rings. The lowest BCUT2D eigenvalue weighted by molar-refractivity contribution is -0.384. The van der Waals surface area contributed by atoms with Crippen LogP contribution in [0.15, 0.2) is 18.3 Å². The molecule has 7 nitrogen and oxygen atoms in total. The highest BCUT2D eigenvalue weighted by Gasteiger charge is 2.38. The summed E-state index contributed by atoms with van der Waals surface area (Å²) in [5.41, 5.74) is -0.0876. The molecule has 2 heterocycles. The molecule has 0 spiro atoms. The van der Waals surface area contributed by atoms with Gasteiger partial charge in [0.2, 0.25) is 5.82 Å². The lowest BCUT2D eigenvalue weighted by atomic mass is 10.0. The summed E-state index contributed by atoms with van der Waals surface area (Å²) in [7, 11) is 0. The average molecular weight is 251 g/mol. The number of aromatic nitrogens is 1. The Bertz CT molecular complexity index is 491. The predicted octanol–water partition coefficient (Wildman–Crippen LogP) is 1.29. The van der Waals surface area contributed by atoms with Gasteiger partial charge in [-0.2, -0.15) is 0 Å². The van der Waals surface area contributed by atoms with Crippen molar-refractivity contribution in [2.24, 2.45) is 5.92 Å². The van der Waals surface area contributed by atoms with Crippen molar-refractivity contribution in [1.82, 2.24) is 4.98 Å². The van der Waals surface area contributed by atoms with Gasteiger partial charge in [-0.25, -0.2) is 4.98 Å². The first-order valence-electron chi connectivity index (χ1n) is 5.61. The standard InChI is InChI=1S/C11H13N3O4/c1-7-8(11(15)16)4-6-13(7)10-9(14(17)18)3-2-5-12-10/h2-3,5,7-8H,4,6H2,1H3,(H,15,16). The highest BCUT2D eigenvalue weighted by atomic mass is 16.6. The molecule has 0 aromatic carbocycles. The zero-order chi connectivity index (χ0) is 13.3. The molecule has 0 amide bonds. The Kier molecular flexibility index (Phi) is 3.14. The van der Waals surface area contributed by atoms with Crippen LogP contribution in [-0.4, -0.2) is 33.6 Å². The average Bonchev–Trinajstić information content (AvgIpc) is 2.71. The molecular weight excluding hydrogens is 238 g/mol. The van der Waals surface area contributed by atoms with E-state index in [0.717, 1.165) is 0 Å². The second-order valence-electron chi connectivity index (χ2n) is 4.27. The number of carbonyl (C=O) groups is 1. The van der Waals surface area contributed by atoms with Crippen LogP contribution in [0.25, 0.3) is 0 Å². The summed E-state index contributed by atoms with van der Waals surface area (Å²) in [5.74, 6) is -1.13. The number of nitro groups is 1. The molecule has 1 saturated heterocycles. The van der Waals surface area contributed by atoms with Crippen LogP contribution in [0.5, 0.6) is 0 Å². The molecule has 1 fully saturated rings. The Morgan fingerprint density at radius 2 is 2.39 bits per heavy atom. The zero-order valence-corrected chi connectivity index (χ0v) is 9.81. The fourth-order valence-electron chi connectivity index (χ4n) is 2.32. The van der Waals surface area contributed by atoms with Gasteiger partial charge in [0.25, 0.3) is 0 Å². The van der Waals surface area contributed by atoms with E-state index in [-0.39, 0.29) is 17.5 Å². The van der Waals surface area contributed by atoms with Crippen LogP contribution in [-0.2, 0) is 4.79 Å². The molecule has 1 N–H and O–H groups in total. The first-order valence-corrected chi connectivity index (χ1v) is 5.61. The van der Waals surface area contributed by atoms with E-state index in [9.17, 15) is 14.9 Å². The van der Waals surface area contributed by atoms with Crippen molar-refractivity contribution in [2.75, 3.05) is 11.4 Å². The van der Waals surface area contributed by atoms with Gasteiger partial charge in [0, 0.05) is 24.8 Å². The van der Waals surface area contributed by atoms with Gasteiger partial charge in [-0.3, -0.25) is 14.9 Å². The SMILES string of the molecule is CC1C(C(=O)O)CCN1c1ncccc1[N+](=O)[O-]. The van der Waals surface area contributed by atoms with Crippen LogP contribution in [0.3, 0.4) is 0 Å². The topological polar surface area (TPSA) is 96.6 Å². The number of hydrogen-bond acceptors (Lipinski definition) is 5. The van der Waals surface area contributed by atoms with Crippen LogP contribution >= 0.6 is 0 Å². The van der Waals surface area contributed by atoms with Crippen molar-refractivity contribution in [3.63, 3.8) is 0 Å². The van der Waals surface area contributed by atoms with Gasteiger partial charge < -0.3 is 10.0 Å². The molecule has 2 unspecified atom stereocenters. The lowest BCUT2D eigenvalue weighted by Gasteiger charge is -2.23. The fourth-order valence-corrected chi connectivity index (χ4v) is 2.32. The highest BCUT2D eigenvalue weighted by molar-refractivity contribution is 5.73. The van der Waals surface area contributed by atoms with E-state index in [0.29, 0.717) is 13.0 Å². The van der Waals surface area contributed by atoms with Gasteiger partial charge in [0.15, 0.2) is 0 Å². The summed E-state index contributed by atoms with van der Waals surface area (Å²) in [4.78, 5) is 27.2. The third-order valence-corrected chi connectivity index (χ3v) is 3.31. The number of nitrogens with zero attached hydrogens (tertiary/aromatic N) is 3. The summed E-state index contributed by atoms with van der Waals surface area (Å²) >= 11 is 0. The minimum Gasteiger partial charge on any atom is -0.481 e. The van der Waals surface area contributed by atoms with Gasteiger partial charge in [-0.05, 0) is 19.4 Å². The molecule has 1 aliphatic heterocycles. The smallest absolute Gasteiger partial charge is 0.311 e. The third-order valence-electron chi connectivity index (χ3n) is 3.31. The number of carboxylic acids is 1. The molecule has 1 aliphatic rings. The molecule has 18 heavy (non-hydrogen) atoms. The van der Waals surface area contributed by atoms with Crippen LogP contribution in [0, 0.1) is 16.0 Å². The van der Waals surface area contributed by atoms with Crippen LogP contribution < -0.4 is 4.90 Å². The molecule has 0 radical (unpaired) electrons. The normalized spacial score (nSPS) is 23.1. The first-order chi connectivity index (χ1) is 8.52. The number of aliphatic carboxylic acids is 1. The minimum atomic E-state index is -0.872. The van der Waals surface area contributed by atoms with Crippen LogP contribution in [0.1, 0.15) is 13.3 Å². The number of hydrogen-bond donors (Lipinski definition) is 1. The van der Waals surface area contributed by atoms with Crippen molar-refractivity contribution < 1.29 is 14.8 Å². The molecule has 0 aliphatic carbocycles. The summed E-state index contributed by atoms with van der Waals surface area (Å²) < 4.78 is 0. The summed E-state index contributed by atoms with van der Waals surface area (Å²) in [6.07, 6.45) is 1.95. The van der Waals surface area contributed by atoms with Crippen molar-refractivity contribution in [3.05, 3.63) is 28.4 Å². The maximum absolute atomic E-state index is 11.0. The van der Waals surface area contributed by atoms with Crippen LogP contribution in [0.2, 0.25) is 0 Å². The van der Waals surface area contributed by atoms with E-state index in [1.807, 2.05) is 0 Å². The monoisotopic (exact) mass is 251 g/mol. The quantitative estimate of drug-likeness (QED) is 0.642. The Hall–Kier alpha value is -2.18. The van der Waals surface area contributed by atoms with E-state index in [2.05, 4.69) is 4.98 Å².